The highest BCUT2D eigenvalue weighted by Crippen LogP contribution is 2.31. The third kappa shape index (κ3) is 7.11. The van der Waals surface area contributed by atoms with Crippen molar-refractivity contribution in [2.45, 2.75) is 65.0 Å². The Hall–Kier alpha value is -3.63. The molecule has 0 radical (unpaired) electrons. The van der Waals surface area contributed by atoms with Crippen molar-refractivity contribution >= 4 is 27.5 Å². The van der Waals surface area contributed by atoms with Crippen LogP contribution in [-0.2, 0) is 23.1 Å². The fourth-order valence-electron chi connectivity index (χ4n) is 5.29. The molecule has 1 saturated heterocycles. The van der Waals surface area contributed by atoms with Gasteiger partial charge in [-0.05, 0) is 63.0 Å². The van der Waals surface area contributed by atoms with Crippen LogP contribution < -0.4 is 11.1 Å². The van der Waals surface area contributed by atoms with Crippen LogP contribution in [0.1, 0.15) is 49.1 Å². The summed E-state index contributed by atoms with van der Waals surface area (Å²) in [5, 5.41) is 23.7. The van der Waals surface area contributed by atoms with Crippen molar-refractivity contribution in [1.82, 2.24) is 19.8 Å². The molecule has 3 heterocycles. The molecule has 0 spiro atoms. The number of fused-ring (bicyclic) bond motifs is 1. The summed E-state index contributed by atoms with van der Waals surface area (Å²) >= 11 is 0. The Labute approximate surface area is 235 Å². The molecule has 1 aromatic heterocycles. The summed E-state index contributed by atoms with van der Waals surface area (Å²) in [5.74, 6) is 0.330. The predicted molar refractivity (Wildman–Crippen MR) is 155 cm³/mol. The Bertz CT molecular complexity index is 1500. The number of nitrogens with one attached hydrogen (secondary N) is 1. The van der Waals surface area contributed by atoms with Gasteiger partial charge in [0.25, 0.3) is 10.0 Å². The molecule has 0 bridgehead atoms. The molecule has 12 heteroatoms. The summed E-state index contributed by atoms with van der Waals surface area (Å²) in [6.07, 6.45) is 8.48. The van der Waals surface area contributed by atoms with Gasteiger partial charge in [-0.3, -0.25) is 9.80 Å². The minimum atomic E-state index is -3.64. The second-order valence-corrected chi connectivity index (χ2v) is 12.0. The van der Waals surface area contributed by atoms with Crippen LogP contribution in [0, 0.1) is 18.3 Å². The highest BCUT2D eigenvalue weighted by Gasteiger charge is 2.35. The maximum atomic E-state index is 11.5. The first kappa shape index (κ1) is 29.4. The van der Waals surface area contributed by atoms with Crippen LogP contribution in [0.4, 0.5) is 11.6 Å². The third-order valence-electron chi connectivity index (χ3n) is 7.27. The van der Waals surface area contributed by atoms with Gasteiger partial charge in [0, 0.05) is 49.2 Å². The summed E-state index contributed by atoms with van der Waals surface area (Å²) in [5.41, 5.74) is 10.7. The zero-order valence-corrected chi connectivity index (χ0v) is 24.1. The molecule has 3 atom stereocenters. The summed E-state index contributed by atoms with van der Waals surface area (Å²) in [6, 6.07) is 8.19. The lowest BCUT2D eigenvalue weighted by Crippen LogP contribution is -2.52. The number of nitrogens with zero attached hydrogens (tertiary/aromatic N) is 6. The van der Waals surface area contributed by atoms with Gasteiger partial charge in [-0.15, -0.1) is 4.40 Å². The van der Waals surface area contributed by atoms with E-state index in [-0.39, 0.29) is 11.9 Å². The maximum absolute atomic E-state index is 11.5. The molecule has 212 valence electrons. The zero-order chi connectivity index (χ0) is 29.0. The molecule has 40 heavy (non-hydrogen) atoms. The first-order valence-corrected chi connectivity index (χ1v) is 15.0. The van der Waals surface area contributed by atoms with Gasteiger partial charge in [-0.25, -0.2) is 18.4 Å². The molecule has 0 saturated carbocycles. The third-order valence-corrected chi connectivity index (χ3v) is 7.81. The van der Waals surface area contributed by atoms with E-state index in [1.54, 1.807) is 18.2 Å². The number of sulfonamides is 1. The number of aromatic nitrogens is 2. The molecule has 4 N–H and O–H groups in total. The Morgan fingerprint density at radius 3 is 2.83 bits per heavy atom. The molecule has 1 unspecified atom stereocenters. The number of benzene rings is 1. The Morgan fingerprint density at radius 2 is 2.15 bits per heavy atom. The Balaban J connectivity index is 1.40. The van der Waals surface area contributed by atoms with Crippen LogP contribution in [0.5, 0.6) is 0 Å². The van der Waals surface area contributed by atoms with Gasteiger partial charge >= 0.3 is 0 Å². The number of aryl methyl sites for hydroxylation is 1. The number of piperidine rings is 1. The van der Waals surface area contributed by atoms with Crippen molar-refractivity contribution in [1.29, 1.82) is 5.26 Å². The van der Waals surface area contributed by atoms with E-state index in [4.69, 9.17) is 10.7 Å². The fourth-order valence-corrected chi connectivity index (χ4v) is 5.72. The molecule has 2 aromatic rings. The molecule has 11 nitrogen and oxygen atoms in total. The highest BCUT2D eigenvalue weighted by atomic mass is 32.2. The van der Waals surface area contributed by atoms with Crippen LogP contribution in [-0.4, -0.2) is 70.2 Å². The monoisotopic (exact) mass is 564 g/mol. The number of anilines is 2. The molecule has 2 aliphatic rings. The van der Waals surface area contributed by atoms with Crippen LogP contribution >= 0.6 is 0 Å². The van der Waals surface area contributed by atoms with Crippen molar-refractivity contribution < 1.29 is 13.5 Å². The van der Waals surface area contributed by atoms with E-state index in [2.05, 4.69) is 32.6 Å². The topological polar surface area (TPSA) is 161 Å². The predicted octanol–water partition coefficient (Wildman–Crippen LogP) is 2.71. The summed E-state index contributed by atoms with van der Waals surface area (Å²) in [7, 11) is -3.64. The lowest BCUT2D eigenvalue weighted by atomic mass is 9.95. The quantitative estimate of drug-likeness (QED) is 0.247. The van der Waals surface area contributed by atoms with Crippen molar-refractivity contribution in [2.75, 3.05) is 18.1 Å². The molecule has 0 aliphatic carbocycles. The molecule has 4 rings (SSSR count). The highest BCUT2D eigenvalue weighted by molar-refractivity contribution is 7.89. The molecule has 1 aromatic carbocycles. The van der Waals surface area contributed by atoms with Crippen LogP contribution in [0.25, 0.3) is 0 Å². The van der Waals surface area contributed by atoms with Crippen molar-refractivity contribution in [3.63, 3.8) is 0 Å². The molecule has 2 aliphatic heterocycles. The van der Waals surface area contributed by atoms with Crippen LogP contribution in [0.2, 0.25) is 0 Å². The van der Waals surface area contributed by atoms with E-state index in [1.807, 2.05) is 37.1 Å². The lowest BCUT2D eigenvalue weighted by molar-refractivity contribution is -0.0313. The Morgan fingerprint density at radius 1 is 1.38 bits per heavy atom. The second kappa shape index (κ2) is 12.3. The number of aliphatic hydroxyl groups is 1. The summed E-state index contributed by atoms with van der Waals surface area (Å²) < 4.78 is 26.4. The van der Waals surface area contributed by atoms with Gasteiger partial charge in [0.1, 0.15) is 12.1 Å². The SMILES string of the molecule is C/C=C\C(=C/C(N)=NS(C)(=O)=O)C(O)N1CC[C@H](N2Cc3cnc(Nc4ccc(C)c(C#N)c4)nc3C2)C[C@H]1C. The van der Waals surface area contributed by atoms with Crippen LogP contribution in [0.3, 0.4) is 0 Å². The van der Waals surface area contributed by atoms with Gasteiger partial charge in [-0.1, -0.05) is 18.2 Å². The van der Waals surface area contributed by atoms with E-state index >= 15 is 0 Å². The maximum Gasteiger partial charge on any atom is 0.252 e. The van der Waals surface area contributed by atoms with E-state index in [0.717, 1.165) is 48.2 Å². The van der Waals surface area contributed by atoms with E-state index in [1.165, 1.54) is 6.08 Å². The Kier molecular flexibility index (Phi) is 9.00. The van der Waals surface area contributed by atoms with E-state index < -0.39 is 16.3 Å². The first-order chi connectivity index (χ1) is 19.0. The first-order valence-electron chi connectivity index (χ1n) is 13.2. The van der Waals surface area contributed by atoms with Crippen molar-refractivity contribution in [2.24, 2.45) is 10.1 Å². The minimum absolute atomic E-state index is 0.0679. The van der Waals surface area contributed by atoms with Gasteiger partial charge in [0.05, 0.1) is 23.6 Å². The van der Waals surface area contributed by atoms with Crippen molar-refractivity contribution in [3.8, 4) is 6.07 Å². The van der Waals surface area contributed by atoms with E-state index in [9.17, 15) is 18.8 Å². The lowest BCUT2D eigenvalue weighted by Gasteiger charge is -2.43. The summed E-state index contributed by atoms with van der Waals surface area (Å²) in [4.78, 5) is 13.6. The number of rotatable bonds is 8. The average molecular weight is 565 g/mol. The standard InChI is InChI=1S/C28H36N8O3S/c1-5-6-20(13-26(30)34-40(4,38)39)27(37)36-10-9-24(11-19(36)3)35-16-22-15-31-28(33-25(22)17-35)32-23-8-7-18(2)21(12-23)14-29/h5-8,12-13,15,19,24,27,37H,9-11,16-17H2,1-4H3,(H2,30,34)(H,31,32,33)/b6-5-,20-13+/t19-,24+,27?/m1/s1. The van der Waals surface area contributed by atoms with Gasteiger partial charge < -0.3 is 16.2 Å². The largest absolute Gasteiger partial charge is 0.383 e. The van der Waals surface area contributed by atoms with Gasteiger partial charge in [-0.2, -0.15) is 5.26 Å². The molecule has 0 amide bonds. The number of likely N-dealkylation sites (tertiary alicyclic amines) is 1. The number of hydrogen-bond donors (Lipinski definition) is 3. The molecular weight excluding hydrogens is 528 g/mol. The van der Waals surface area contributed by atoms with Crippen molar-refractivity contribution in [3.05, 3.63) is 70.6 Å². The van der Waals surface area contributed by atoms with E-state index in [0.29, 0.717) is 36.2 Å². The number of aliphatic hydroxyl groups excluding tert-OH is 1. The second-order valence-electron chi connectivity index (χ2n) is 10.4. The van der Waals surface area contributed by atoms with Gasteiger partial charge in [0.2, 0.25) is 5.95 Å². The fraction of sp³-hybridized carbons (Fsp3) is 0.429. The smallest absolute Gasteiger partial charge is 0.252 e. The number of amidine groups is 1. The number of nitriles is 1. The van der Waals surface area contributed by atoms with Gasteiger partial charge in [0.15, 0.2) is 0 Å². The average Bonchev–Trinajstić information content (AvgIpc) is 3.31. The normalized spacial score (nSPS) is 21.8. The molecular formula is C28H36N8O3S. The summed E-state index contributed by atoms with van der Waals surface area (Å²) in [6.45, 7) is 7.94. The zero-order valence-electron chi connectivity index (χ0n) is 23.2. The molecule has 1 fully saturated rings. The number of nitrogens with two attached hydrogens (primary N) is 1. The number of allylic oxidation sites excluding steroid dienone is 1. The van der Waals surface area contributed by atoms with Crippen LogP contribution in [0.15, 0.2) is 52.6 Å². The minimum Gasteiger partial charge on any atom is -0.383 e. The number of hydrogen-bond acceptors (Lipinski definition) is 9.